The van der Waals surface area contributed by atoms with Crippen molar-refractivity contribution in [1.29, 1.82) is 0 Å². The first kappa shape index (κ1) is 17.1. The highest BCUT2D eigenvalue weighted by atomic mass is 32.2. The number of hydrogen-bond acceptors (Lipinski definition) is 5. The smallest absolute Gasteiger partial charge is 0.297 e. The van der Waals surface area contributed by atoms with E-state index < -0.39 is 10.1 Å². The molecule has 0 unspecified atom stereocenters. The van der Waals surface area contributed by atoms with Crippen molar-refractivity contribution in [1.82, 2.24) is 0 Å². The third-order valence-electron chi connectivity index (χ3n) is 2.51. The van der Waals surface area contributed by atoms with Gasteiger partial charge in [0.1, 0.15) is 0 Å². The normalized spacial score (nSPS) is 11.7. The van der Waals surface area contributed by atoms with E-state index >= 15 is 0 Å². The van der Waals surface area contributed by atoms with Gasteiger partial charge in [-0.15, -0.1) is 0 Å². The molecule has 0 amide bonds. The zero-order chi connectivity index (χ0) is 14.7. The second-order valence-corrected chi connectivity index (χ2v) is 5.78. The van der Waals surface area contributed by atoms with E-state index in [0.717, 1.165) is 19.4 Å². The average Bonchev–Trinajstić information content (AvgIpc) is 2.46. The Hall–Kier alpha value is -0.950. The average molecular weight is 302 g/mol. The first-order valence-electron chi connectivity index (χ1n) is 6.77. The van der Waals surface area contributed by atoms with Crippen LogP contribution in [0.2, 0.25) is 0 Å². The highest BCUT2D eigenvalue weighted by Crippen LogP contribution is 2.10. The van der Waals surface area contributed by atoms with Crippen LogP contribution in [0.4, 0.5) is 0 Å². The van der Waals surface area contributed by atoms with Gasteiger partial charge < -0.3 is 9.47 Å². The molecular weight excluding hydrogens is 280 g/mol. The topological polar surface area (TPSA) is 61.8 Å². The number of benzene rings is 1. The lowest BCUT2D eigenvalue weighted by Crippen LogP contribution is -2.13. The summed E-state index contributed by atoms with van der Waals surface area (Å²) in [5, 5.41) is 0. The van der Waals surface area contributed by atoms with Crippen molar-refractivity contribution in [2.45, 2.75) is 24.7 Å². The van der Waals surface area contributed by atoms with Crippen molar-refractivity contribution in [3.63, 3.8) is 0 Å². The first-order valence-corrected chi connectivity index (χ1v) is 8.17. The van der Waals surface area contributed by atoms with E-state index in [1.54, 1.807) is 18.2 Å². The monoisotopic (exact) mass is 302 g/mol. The second-order valence-electron chi connectivity index (χ2n) is 4.17. The minimum Gasteiger partial charge on any atom is -0.379 e. The Morgan fingerprint density at radius 3 is 2.15 bits per heavy atom. The number of hydrogen-bond donors (Lipinski definition) is 0. The molecule has 20 heavy (non-hydrogen) atoms. The van der Waals surface area contributed by atoms with Crippen molar-refractivity contribution < 1.29 is 22.1 Å². The third-order valence-corrected chi connectivity index (χ3v) is 3.84. The SMILES string of the molecule is CCCCOCCOCCOS(=O)(=O)c1ccccc1. The third kappa shape index (κ3) is 7.00. The maximum atomic E-state index is 11.7. The molecule has 0 radical (unpaired) electrons. The fourth-order valence-corrected chi connectivity index (χ4v) is 2.34. The Morgan fingerprint density at radius 1 is 0.900 bits per heavy atom. The van der Waals surface area contributed by atoms with Crippen LogP contribution in [-0.2, 0) is 23.8 Å². The molecule has 1 rings (SSSR count). The zero-order valence-corrected chi connectivity index (χ0v) is 12.6. The Balaban J connectivity index is 2.09. The molecule has 114 valence electrons. The van der Waals surface area contributed by atoms with Crippen LogP contribution < -0.4 is 0 Å². The van der Waals surface area contributed by atoms with Crippen molar-refractivity contribution >= 4 is 10.1 Å². The molecule has 0 fully saturated rings. The molecule has 0 atom stereocenters. The molecule has 0 spiro atoms. The lowest BCUT2D eigenvalue weighted by molar-refractivity contribution is 0.0363. The predicted molar refractivity (Wildman–Crippen MR) is 76.1 cm³/mol. The molecule has 0 aliphatic carbocycles. The fraction of sp³-hybridized carbons (Fsp3) is 0.571. The molecule has 5 nitrogen and oxygen atoms in total. The molecule has 6 heteroatoms. The van der Waals surface area contributed by atoms with Gasteiger partial charge in [0.15, 0.2) is 0 Å². The van der Waals surface area contributed by atoms with E-state index in [2.05, 4.69) is 6.92 Å². The summed E-state index contributed by atoms with van der Waals surface area (Å²) in [5.74, 6) is 0. The van der Waals surface area contributed by atoms with E-state index in [4.69, 9.17) is 13.7 Å². The fourth-order valence-electron chi connectivity index (χ4n) is 1.43. The minimum absolute atomic E-state index is 0.00614. The molecule has 1 aromatic carbocycles. The summed E-state index contributed by atoms with van der Waals surface area (Å²) in [4.78, 5) is 0.155. The molecule has 0 saturated heterocycles. The standard InChI is InChI=1S/C14H22O5S/c1-2-3-9-17-10-11-18-12-13-19-20(15,16)14-7-5-4-6-8-14/h4-8H,2-3,9-13H2,1H3. The van der Waals surface area contributed by atoms with Crippen LogP contribution in [0.15, 0.2) is 35.2 Å². The van der Waals surface area contributed by atoms with Gasteiger partial charge in [0.25, 0.3) is 10.1 Å². The largest absolute Gasteiger partial charge is 0.379 e. The predicted octanol–water partition coefficient (Wildman–Crippen LogP) is 2.23. The summed E-state index contributed by atoms with van der Waals surface area (Å²) >= 11 is 0. The van der Waals surface area contributed by atoms with E-state index in [1.165, 1.54) is 12.1 Å². The molecule has 0 saturated carbocycles. The van der Waals surface area contributed by atoms with Gasteiger partial charge in [-0.3, -0.25) is 4.18 Å². The lowest BCUT2D eigenvalue weighted by Gasteiger charge is -2.07. The van der Waals surface area contributed by atoms with Crippen LogP contribution in [0.3, 0.4) is 0 Å². The summed E-state index contributed by atoms with van der Waals surface area (Å²) in [5.41, 5.74) is 0. The van der Waals surface area contributed by atoms with Gasteiger partial charge in [0, 0.05) is 6.61 Å². The number of rotatable bonds is 11. The van der Waals surface area contributed by atoms with Gasteiger partial charge in [-0.05, 0) is 18.6 Å². The van der Waals surface area contributed by atoms with Gasteiger partial charge >= 0.3 is 0 Å². The highest BCUT2D eigenvalue weighted by molar-refractivity contribution is 7.86. The van der Waals surface area contributed by atoms with Crippen LogP contribution in [0, 0.1) is 0 Å². The van der Waals surface area contributed by atoms with Gasteiger partial charge in [0.05, 0.1) is 31.3 Å². The van der Waals surface area contributed by atoms with Crippen LogP contribution in [0.1, 0.15) is 19.8 Å². The minimum atomic E-state index is -3.68. The molecule has 0 bridgehead atoms. The molecule has 0 N–H and O–H groups in total. The summed E-state index contributed by atoms with van der Waals surface area (Å²) in [6.07, 6.45) is 2.14. The Labute approximate surface area is 121 Å². The lowest BCUT2D eigenvalue weighted by atomic mass is 10.4. The summed E-state index contributed by atoms with van der Waals surface area (Å²) in [6.45, 7) is 4.03. The van der Waals surface area contributed by atoms with Crippen LogP contribution >= 0.6 is 0 Å². The molecular formula is C14H22O5S. The molecule has 0 aromatic heterocycles. The van der Waals surface area contributed by atoms with E-state index in [9.17, 15) is 8.42 Å². The molecule has 0 aliphatic heterocycles. The Bertz CT molecular complexity index is 444. The molecule has 0 aliphatic rings. The van der Waals surface area contributed by atoms with E-state index in [0.29, 0.717) is 13.2 Å². The van der Waals surface area contributed by atoms with Crippen LogP contribution in [0.5, 0.6) is 0 Å². The quantitative estimate of drug-likeness (QED) is 0.463. The van der Waals surface area contributed by atoms with Gasteiger partial charge in [-0.25, -0.2) is 0 Å². The van der Waals surface area contributed by atoms with E-state index in [1.807, 2.05) is 0 Å². The van der Waals surface area contributed by atoms with Crippen molar-refractivity contribution in [2.24, 2.45) is 0 Å². The summed E-state index contributed by atoms with van der Waals surface area (Å²) < 4.78 is 38.9. The highest BCUT2D eigenvalue weighted by Gasteiger charge is 2.13. The van der Waals surface area contributed by atoms with Crippen molar-refractivity contribution in [3.8, 4) is 0 Å². The van der Waals surface area contributed by atoms with Gasteiger partial charge in [0.2, 0.25) is 0 Å². The number of ether oxygens (including phenoxy) is 2. The molecule has 1 aromatic rings. The maximum Gasteiger partial charge on any atom is 0.297 e. The summed E-state index contributed by atoms with van der Waals surface area (Å²) in [6, 6.07) is 8.05. The number of unbranched alkanes of at least 4 members (excludes halogenated alkanes) is 1. The van der Waals surface area contributed by atoms with Crippen LogP contribution in [-0.4, -0.2) is 41.5 Å². The van der Waals surface area contributed by atoms with Crippen molar-refractivity contribution in [2.75, 3.05) is 33.0 Å². The molecule has 0 heterocycles. The zero-order valence-electron chi connectivity index (χ0n) is 11.8. The van der Waals surface area contributed by atoms with Gasteiger partial charge in [-0.2, -0.15) is 8.42 Å². The van der Waals surface area contributed by atoms with Gasteiger partial charge in [-0.1, -0.05) is 31.5 Å². The maximum absolute atomic E-state index is 11.7. The van der Waals surface area contributed by atoms with Crippen LogP contribution in [0.25, 0.3) is 0 Å². The Morgan fingerprint density at radius 2 is 1.50 bits per heavy atom. The Kier molecular flexibility index (Phi) is 8.45. The van der Waals surface area contributed by atoms with E-state index in [-0.39, 0.29) is 18.1 Å². The second kappa shape index (κ2) is 9.88. The van der Waals surface area contributed by atoms with Crippen molar-refractivity contribution in [3.05, 3.63) is 30.3 Å². The first-order chi connectivity index (χ1) is 9.67. The summed E-state index contributed by atoms with van der Waals surface area (Å²) in [7, 11) is -3.68.